The summed E-state index contributed by atoms with van der Waals surface area (Å²) in [5, 5.41) is 0. The van der Waals surface area contributed by atoms with Gasteiger partial charge in [0.25, 0.3) is 0 Å². The molecule has 1 fully saturated rings. The van der Waals surface area contributed by atoms with Crippen molar-refractivity contribution in [3.8, 4) is 0 Å². The highest BCUT2D eigenvalue weighted by Gasteiger charge is 2.35. The Hall–Kier alpha value is 0.595. The fourth-order valence-corrected chi connectivity index (χ4v) is 3.79. The van der Waals surface area contributed by atoms with E-state index in [0.29, 0.717) is 6.61 Å². The van der Waals surface area contributed by atoms with E-state index in [4.69, 9.17) is 25.6 Å². The first-order chi connectivity index (χ1) is 6.98. The van der Waals surface area contributed by atoms with Gasteiger partial charge in [0.15, 0.2) is 6.49 Å². The van der Waals surface area contributed by atoms with Crippen LogP contribution in [-0.2, 0) is 25.6 Å². The quantitative estimate of drug-likeness (QED) is 0.546. The second-order valence-electron chi connectivity index (χ2n) is 3.96. The number of hydrogen-bond donors (Lipinski definition) is 0. The van der Waals surface area contributed by atoms with Crippen LogP contribution in [0, 0.1) is 0 Å². The van der Waals surface area contributed by atoms with Crippen LogP contribution in [0.3, 0.4) is 0 Å². The summed E-state index contributed by atoms with van der Waals surface area (Å²) in [7, 11) is 2.08. The maximum Gasteiger partial charge on any atom is 0.185 e. The summed E-state index contributed by atoms with van der Waals surface area (Å²) >= 11 is 5.33. The van der Waals surface area contributed by atoms with Crippen LogP contribution in [0.5, 0.6) is 0 Å². The molecule has 0 radical (unpaired) electrons. The summed E-state index contributed by atoms with van der Waals surface area (Å²) < 4.78 is 17.1. The van der Waals surface area contributed by atoms with Crippen molar-refractivity contribution in [3.63, 3.8) is 0 Å². The topological polar surface area (TPSA) is 27.7 Å². The molecular weight excluding hydrogens is 230 g/mol. The lowest BCUT2D eigenvalue weighted by Gasteiger charge is -2.24. The van der Waals surface area contributed by atoms with Crippen molar-refractivity contribution < 1.29 is 13.8 Å². The molecule has 4 atom stereocenters. The van der Waals surface area contributed by atoms with Gasteiger partial charge in [0.05, 0.1) is 18.8 Å². The second kappa shape index (κ2) is 5.78. The Labute approximate surface area is 98.4 Å². The zero-order chi connectivity index (χ0) is 11.5. The third kappa shape index (κ3) is 4.16. The number of ether oxygens (including phenoxy) is 1. The van der Waals surface area contributed by atoms with Crippen molar-refractivity contribution in [1.29, 1.82) is 0 Å². The maximum absolute atomic E-state index is 5.89. The lowest BCUT2D eigenvalue weighted by atomic mass is 9.96. The molecule has 1 saturated heterocycles. The van der Waals surface area contributed by atoms with E-state index in [1.165, 1.54) is 0 Å². The second-order valence-corrected chi connectivity index (χ2v) is 7.96. The average molecular weight is 250 g/mol. The van der Waals surface area contributed by atoms with Crippen molar-refractivity contribution >= 4 is 26.1 Å². The molecule has 0 aromatic rings. The van der Waals surface area contributed by atoms with Gasteiger partial charge in [-0.3, -0.25) is 0 Å². The van der Waals surface area contributed by atoms with Gasteiger partial charge in [-0.25, -0.2) is 0 Å². The minimum absolute atomic E-state index is 0.118. The van der Waals surface area contributed by atoms with Gasteiger partial charge in [-0.05, 0) is 31.6 Å². The van der Waals surface area contributed by atoms with Crippen LogP contribution in [0.25, 0.3) is 0 Å². The van der Waals surface area contributed by atoms with Gasteiger partial charge in [0.2, 0.25) is 0 Å². The van der Waals surface area contributed by atoms with E-state index in [1.54, 1.807) is 0 Å². The Kier molecular flexibility index (Phi) is 5.27. The van der Waals surface area contributed by atoms with Gasteiger partial charge >= 0.3 is 0 Å². The molecule has 1 heterocycles. The van der Waals surface area contributed by atoms with Crippen molar-refractivity contribution in [1.82, 2.24) is 0 Å². The molecule has 88 valence electrons. The van der Waals surface area contributed by atoms with Crippen LogP contribution in [0.4, 0.5) is 0 Å². The smallest absolute Gasteiger partial charge is 0.185 e. The van der Waals surface area contributed by atoms with Gasteiger partial charge in [0.1, 0.15) is 7.85 Å². The number of rotatable bonds is 5. The molecule has 15 heavy (non-hydrogen) atoms. The molecule has 0 aromatic heterocycles. The maximum atomic E-state index is 5.89. The molecule has 0 saturated carbocycles. The van der Waals surface area contributed by atoms with Gasteiger partial charge in [0, 0.05) is 12.7 Å². The summed E-state index contributed by atoms with van der Waals surface area (Å²) in [5.74, 6) is 0. The summed E-state index contributed by atoms with van der Waals surface area (Å²) in [4.78, 5) is 0. The Morgan fingerprint density at radius 1 is 1.53 bits per heavy atom. The summed E-state index contributed by atoms with van der Waals surface area (Å²) in [5.41, 5.74) is 0. The molecule has 0 bridgehead atoms. The molecule has 0 N–H and O–H groups in total. The molecule has 0 amide bonds. The minimum Gasteiger partial charge on any atom is -0.381 e. The minimum atomic E-state index is -2.07. The molecule has 1 rings (SSSR count). The molecule has 3 nitrogen and oxygen atoms in total. The SMILES string of the molecule is BC1CC(OP(C)(=S)OCC)C(CC)O1. The third-order valence-electron chi connectivity index (χ3n) is 2.48. The van der Waals surface area contributed by atoms with Crippen LogP contribution < -0.4 is 0 Å². The van der Waals surface area contributed by atoms with Gasteiger partial charge in [-0.2, -0.15) is 0 Å². The van der Waals surface area contributed by atoms with Gasteiger partial charge < -0.3 is 13.8 Å². The van der Waals surface area contributed by atoms with Crippen LogP contribution in [0.15, 0.2) is 0 Å². The number of hydrogen-bond acceptors (Lipinski definition) is 4. The van der Waals surface area contributed by atoms with E-state index in [-0.39, 0.29) is 18.2 Å². The van der Waals surface area contributed by atoms with Crippen molar-refractivity contribution in [2.45, 2.75) is 44.9 Å². The molecule has 1 aliphatic rings. The Bertz CT molecular complexity index is 252. The summed E-state index contributed by atoms with van der Waals surface area (Å²) in [6.45, 7) is 4.50. The Balaban J connectivity index is 2.53. The summed E-state index contributed by atoms with van der Waals surface area (Å²) in [6.07, 6.45) is 2.20. The monoisotopic (exact) mass is 250 g/mol. The van der Waals surface area contributed by atoms with E-state index in [0.717, 1.165) is 12.8 Å². The van der Waals surface area contributed by atoms with Crippen LogP contribution in [0.1, 0.15) is 26.7 Å². The van der Waals surface area contributed by atoms with E-state index in [9.17, 15) is 0 Å². The van der Waals surface area contributed by atoms with Crippen molar-refractivity contribution in [2.75, 3.05) is 13.3 Å². The molecule has 4 unspecified atom stereocenters. The molecule has 0 spiro atoms. The highest BCUT2D eigenvalue weighted by molar-refractivity contribution is 8.09. The van der Waals surface area contributed by atoms with Crippen molar-refractivity contribution in [3.05, 3.63) is 0 Å². The predicted octanol–water partition coefficient (Wildman–Crippen LogP) is 1.51. The van der Waals surface area contributed by atoms with E-state index in [2.05, 4.69) is 14.8 Å². The van der Waals surface area contributed by atoms with Crippen LogP contribution >= 0.6 is 6.49 Å². The predicted molar refractivity (Wildman–Crippen MR) is 68.8 cm³/mol. The molecule has 6 heteroatoms. The first kappa shape index (κ1) is 13.7. The zero-order valence-electron chi connectivity index (χ0n) is 9.93. The fourth-order valence-electron chi connectivity index (χ4n) is 1.90. The zero-order valence-corrected chi connectivity index (χ0v) is 11.6. The standard InChI is InChI=1S/C9H20BO3PS/c1-4-7-8(6-9(10)12-7)13-14(3,15)11-5-2/h7-9H,4-6,10H2,1-3H3. The Morgan fingerprint density at radius 2 is 2.20 bits per heavy atom. The average Bonchev–Trinajstić information content (AvgIpc) is 2.44. The van der Waals surface area contributed by atoms with Gasteiger partial charge in [-0.15, -0.1) is 0 Å². The first-order valence-electron chi connectivity index (χ1n) is 5.54. The molecule has 1 aliphatic heterocycles. The van der Waals surface area contributed by atoms with Gasteiger partial charge in [-0.1, -0.05) is 6.92 Å². The highest BCUT2D eigenvalue weighted by atomic mass is 32.5. The normalized spacial score (nSPS) is 35.3. The lowest BCUT2D eigenvalue weighted by Crippen LogP contribution is -2.22. The largest absolute Gasteiger partial charge is 0.381 e. The van der Waals surface area contributed by atoms with E-state index >= 15 is 0 Å². The first-order valence-corrected chi connectivity index (χ1v) is 8.63. The van der Waals surface area contributed by atoms with Crippen LogP contribution in [-0.4, -0.2) is 39.3 Å². The lowest BCUT2D eigenvalue weighted by molar-refractivity contribution is 0.0388. The molecule has 0 aromatic carbocycles. The highest BCUT2D eigenvalue weighted by Crippen LogP contribution is 2.48. The third-order valence-corrected chi connectivity index (χ3v) is 4.43. The van der Waals surface area contributed by atoms with Crippen molar-refractivity contribution in [2.24, 2.45) is 0 Å². The van der Waals surface area contributed by atoms with E-state index < -0.39 is 6.49 Å². The summed E-state index contributed by atoms with van der Waals surface area (Å²) in [6, 6.07) is 0.275. The van der Waals surface area contributed by atoms with Crippen LogP contribution in [0.2, 0.25) is 0 Å². The molecular formula is C9H20BO3PS. The van der Waals surface area contributed by atoms with E-state index in [1.807, 2.05) is 13.6 Å². The Morgan fingerprint density at radius 3 is 2.73 bits per heavy atom. The molecule has 0 aliphatic carbocycles. The fraction of sp³-hybridized carbons (Fsp3) is 1.00.